The predicted octanol–water partition coefficient (Wildman–Crippen LogP) is 2.44. The molecule has 1 N–H and O–H groups in total. The lowest BCUT2D eigenvalue weighted by Crippen LogP contribution is -3.14. The van der Waals surface area contributed by atoms with E-state index in [1.165, 1.54) is 51.5 Å². The molecule has 1 aromatic heterocycles. The Balaban J connectivity index is 1.69. The SMILES string of the molecule is CC[NH+]1CCC[C@H]1CN(Cc1nn(C)cc1Cl)C(=O)CC1CCCCC1. The van der Waals surface area contributed by atoms with E-state index in [4.69, 9.17) is 11.6 Å². The average molecular weight is 382 g/mol. The van der Waals surface area contributed by atoms with Crippen LogP contribution in [0.5, 0.6) is 0 Å². The molecule has 2 atom stereocenters. The van der Waals surface area contributed by atoms with Gasteiger partial charge in [-0.1, -0.05) is 30.9 Å². The Kier molecular flexibility index (Phi) is 6.98. The normalized spacial score (nSPS) is 24.1. The van der Waals surface area contributed by atoms with Crippen molar-refractivity contribution in [1.82, 2.24) is 14.7 Å². The van der Waals surface area contributed by atoms with E-state index in [9.17, 15) is 4.79 Å². The number of amides is 1. The summed E-state index contributed by atoms with van der Waals surface area (Å²) >= 11 is 6.33. The standard InChI is InChI=1S/C20H33ClN4O/c1-3-24-11-7-10-17(24)13-25(15-19-18(21)14-23(2)22-19)20(26)12-16-8-5-4-6-9-16/h14,16-17H,3-13,15H2,1-2H3/p+1/t17-/m0/s1. The summed E-state index contributed by atoms with van der Waals surface area (Å²) in [6.07, 6.45) is 11.3. The molecular weight excluding hydrogens is 348 g/mol. The number of aromatic nitrogens is 2. The van der Waals surface area contributed by atoms with Crippen LogP contribution in [0.2, 0.25) is 5.02 Å². The molecule has 6 heteroatoms. The minimum Gasteiger partial charge on any atom is -0.331 e. The van der Waals surface area contributed by atoms with Crippen molar-refractivity contribution in [3.63, 3.8) is 0 Å². The highest BCUT2D eigenvalue weighted by atomic mass is 35.5. The summed E-state index contributed by atoms with van der Waals surface area (Å²) in [4.78, 5) is 16.8. The topological polar surface area (TPSA) is 42.6 Å². The Labute approximate surface area is 162 Å². The number of carbonyl (C=O) groups is 1. The van der Waals surface area contributed by atoms with Gasteiger partial charge in [0.1, 0.15) is 11.7 Å². The molecule has 1 aliphatic heterocycles. The van der Waals surface area contributed by atoms with Crippen LogP contribution in [0.1, 0.15) is 64.0 Å². The molecule has 1 aromatic rings. The number of aryl methyl sites for hydroxylation is 1. The number of quaternary nitrogens is 1. The van der Waals surface area contributed by atoms with Gasteiger partial charge in [0.05, 0.1) is 31.2 Å². The molecule has 2 aliphatic rings. The van der Waals surface area contributed by atoms with E-state index >= 15 is 0 Å². The van der Waals surface area contributed by atoms with Gasteiger partial charge in [0.2, 0.25) is 5.91 Å². The summed E-state index contributed by atoms with van der Waals surface area (Å²) in [5.74, 6) is 0.858. The molecule has 3 rings (SSSR count). The van der Waals surface area contributed by atoms with Crippen molar-refractivity contribution in [3.8, 4) is 0 Å². The second-order valence-electron chi connectivity index (χ2n) is 8.18. The van der Waals surface area contributed by atoms with Gasteiger partial charge in [-0.25, -0.2) is 0 Å². The molecule has 0 radical (unpaired) electrons. The molecule has 1 aliphatic carbocycles. The number of likely N-dealkylation sites (tertiary alicyclic amines) is 1. The molecule has 2 fully saturated rings. The van der Waals surface area contributed by atoms with Crippen LogP contribution in [0.25, 0.3) is 0 Å². The first-order chi connectivity index (χ1) is 12.6. The van der Waals surface area contributed by atoms with Crippen molar-refractivity contribution in [2.24, 2.45) is 13.0 Å². The molecule has 1 unspecified atom stereocenters. The van der Waals surface area contributed by atoms with E-state index in [0.717, 1.165) is 18.8 Å². The Morgan fingerprint density at radius 1 is 1.31 bits per heavy atom. The third kappa shape index (κ3) is 5.01. The fraction of sp³-hybridized carbons (Fsp3) is 0.800. The van der Waals surface area contributed by atoms with Gasteiger partial charge >= 0.3 is 0 Å². The van der Waals surface area contributed by atoms with E-state index in [1.54, 1.807) is 9.58 Å². The zero-order valence-electron chi connectivity index (χ0n) is 16.3. The van der Waals surface area contributed by atoms with Crippen molar-refractivity contribution in [1.29, 1.82) is 0 Å². The molecule has 1 amide bonds. The minimum absolute atomic E-state index is 0.293. The average Bonchev–Trinajstić information content (AvgIpc) is 3.20. The lowest BCUT2D eigenvalue weighted by Gasteiger charge is -2.30. The minimum atomic E-state index is 0.293. The maximum atomic E-state index is 13.2. The maximum absolute atomic E-state index is 13.2. The molecule has 0 spiro atoms. The summed E-state index contributed by atoms with van der Waals surface area (Å²) in [7, 11) is 1.88. The highest BCUT2D eigenvalue weighted by molar-refractivity contribution is 6.31. The molecule has 146 valence electrons. The highest BCUT2D eigenvalue weighted by Gasteiger charge is 2.32. The number of likely N-dealkylation sites (N-methyl/N-ethyl adjacent to an activating group) is 1. The highest BCUT2D eigenvalue weighted by Crippen LogP contribution is 2.27. The summed E-state index contributed by atoms with van der Waals surface area (Å²) < 4.78 is 1.74. The van der Waals surface area contributed by atoms with Crippen LogP contribution in [0.4, 0.5) is 0 Å². The number of nitrogens with zero attached hydrogens (tertiary/aromatic N) is 3. The van der Waals surface area contributed by atoms with Gasteiger partial charge in [0.15, 0.2) is 0 Å². The fourth-order valence-electron chi connectivity index (χ4n) is 4.75. The third-order valence-electron chi connectivity index (χ3n) is 6.26. The van der Waals surface area contributed by atoms with Gasteiger partial charge in [0.25, 0.3) is 0 Å². The molecule has 0 bridgehead atoms. The van der Waals surface area contributed by atoms with E-state index < -0.39 is 0 Å². The van der Waals surface area contributed by atoms with Gasteiger partial charge in [-0.2, -0.15) is 5.10 Å². The van der Waals surface area contributed by atoms with E-state index in [-0.39, 0.29) is 0 Å². The number of rotatable bonds is 7. The number of carbonyl (C=O) groups excluding carboxylic acids is 1. The Bertz CT molecular complexity index is 597. The van der Waals surface area contributed by atoms with E-state index in [2.05, 4.69) is 16.9 Å². The first kappa shape index (κ1) is 19.7. The molecule has 2 heterocycles. The van der Waals surface area contributed by atoms with Crippen LogP contribution < -0.4 is 4.90 Å². The third-order valence-corrected chi connectivity index (χ3v) is 6.57. The summed E-state index contributed by atoms with van der Waals surface area (Å²) in [6.45, 7) is 5.99. The Hall–Kier alpha value is -1.07. The van der Waals surface area contributed by atoms with Crippen LogP contribution in [-0.2, 0) is 18.4 Å². The first-order valence-corrected chi connectivity index (χ1v) is 10.7. The Morgan fingerprint density at radius 3 is 2.73 bits per heavy atom. The van der Waals surface area contributed by atoms with Crippen molar-refractivity contribution in [2.75, 3.05) is 19.6 Å². The second kappa shape index (κ2) is 9.23. The van der Waals surface area contributed by atoms with Gasteiger partial charge in [-0.05, 0) is 25.7 Å². The second-order valence-corrected chi connectivity index (χ2v) is 8.59. The monoisotopic (exact) mass is 381 g/mol. The van der Waals surface area contributed by atoms with Crippen molar-refractivity contribution in [3.05, 3.63) is 16.9 Å². The Morgan fingerprint density at radius 2 is 2.08 bits per heavy atom. The summed E-state index contributed by atoms with van der Waals surface area (Å²) in [5.41, 5.74) is 0.821. The largest absolute Gasteiger partial charge is 0.331 e. The first-order valence-electron chi connectivity index (χ1n) is 10.4. The maximum Gasteiger partial charge on any atom is 0.223 e. The van der Waals surface area contributed by atoms with Gasteiger partial charge < -0.3 is 9.80 Å². The molecule has 1 saturated carbocycles. The molecule has 5 nitrogen and oxygen atoms in total. The molecule has 1 saturated heterocycles. The zero-order chi connectivity index (χ0) is 18.5. The summed E-state index contributed by atoms with van der Waals surface area (Å²) in [6, 6.07) is 0.554. The fourth-order valence-corrected chi connectivity index (χ4v) is 4.99. The number of nitrogens with one attached hydrogen (secondary N) is 1. The quantitative estimate of drug-likeness (QED) is 0.788. The van der Waals surface area contributed by atoms with Gasteiger partial charge in [-0.3, -0.25) is 9.48 Å². The van der Waals surface area contributed by atoms with E-state index in [1.807, 2.05) is 13.2 Å². The smallest absolute Gasteiger partial charge is 0.223 e. The van der Waals surface area contributed by atoms with Gasteiger partial charge in [0, 0.05) is 32.5 Å². The molecule has 26 heavy (non-hydrogen) atoms. The molecular formula is C20H34ClN4O+. The van der Waals surface area contributed by atoms with Crippen LogP contribution in [0.15, 0.2) is 6.20 Å². The van der Waals surface area contributed by atoms with Gasteiger partial charge in [-0.15, -0.1) is 0 Å². The van der Waals surface area contributed by atoms with Crippen LogP contribution in [-0.4, -0.2) is 46.3 Å². The van der Waals surface area contributed by atoms with Crippen molar-refractivity contribution < 1.29 is 9.69 Å². The van der Waals surface area contributed by atoms with Crippen LogP contribution in [0, 0.1) is 5.92 Å². The zero-order valence-corrected chi connectivity index (χ0v) is 17.1. The predicted molar refractivity (Wildman–Crippen MR) is 104 cm³/mol. The van der Waals surface area contributed by atoms with Crippen molar-refractivity contribution >= 4 is 17.5 Å². The molecule has 0 aromatic carbocycles. The summed E-state index contributed by atoms with van der Waals surface area (Å²) in [5, 5.41) is 5.14. The van der Waals surface area contributed by atoms with Crippen molar-refractivity contribution in [2.45, 2.75) is 70.9 Å². The number of hydrogen-bond donors (Lipinski definition) is 1. The van der Waals surface area contributed by atoms with Crippen LogP contribution in [0.3, 0.4) is 0 Å². The van der Waals surface area contributed by atoms with Crippen LogP contribution >= 0.6 is 11.6 Å². The van der Waals surface area contributed by atoms with E-state index in [0.29, 0.717) is 35.9 Å². The lowest BCUT2D eigenvalue weighted by molar-refractivity contribution is -0.909. The lowest BCUT2D eigenvalue weighted by atomic mass is 9.86. The number of hydrogen-bond acceptors (Lipinski definition) is 2. The number of halogens is 1.